The van der Waals surface area contributed by atoms with E-state index in [0.29, 0.717) is 12.8 Å². The monoisotopic (exact) mass is 232 g/mol. The third-order valence-electron chi connectivity index (χ3n) is 2.31. The molecule has 0 aliphatic heterocycles. The van der Waals surface area contributed by atoms with Gasteiger partial charge in [-0.15, -0.1) is 0 Å². The highest BCUT2D eigenvalue weighted by Crippen LogP contribution is 2.33. The van der Waals surface area contributed by atoms with Crippen molar-refractivity contribution >= 4 is 15.9 Å². The second kappa shape index (κ2) is 3.17. The fourth-order valence-corrected chi connectivity index (χ4v) is 2.19. The molecule has 0 bridgehead atoms. The lowest BCUT2D eigenvalue weighted by Crippen LogP contribution is -2.07. The largest absolute Gasteiger partial charge is 0.255 e. The van der Waals surface area contributed by atoms with Crippen molar-refractivity contribution in [2.45, 2.75) is 31.5 Å². The fourth-order valence-electron chi connectivity index (χ4n) is 1.69. The summed E-state index contributed by atoms with van der Waals surface area (Å²) < 4.78 is 15.6. The third-order valence-corrected chi connectivity index (χ3v) is 2.94. The molecule has 2 atom stereocenters. The van der Waals surface area contributed by atoms with Crippen LogP contribution in [0.4, 0.5) is 4.39 Å². The molecule has 4 heteroatoms. The standard InChI is InChI=1S/C8H10BrFN2/c9-8-3-4-11-12(8)7-2-1-6(10)5-7/h3-4,6-7H,1-2,5H2. The summed E-state index contributed by atoms with van der Waals surface area (Å²) in [5, 5.41) is 4.14. The minimum Gasteiger partial charge on any atom is -0.255 e. The van der Waals surface area contributed by atoms with Gasteiger partial charge in [0, 0.05) is 6.42 Å². The normalized spacial score (nSPS) is 29.5. The Hall–Kier alpha value is -0.380. The van der Waals surface area contributed by atoms with Crippen LogP contribution < -0.4 is 0 Å². The quantitative estimate of drug-likeness (QED) is 0.729. The molecule has 2 rings (SSSR count). The number of nitrogens with zero attached hydrogens (tertiary/aromatic N) is 2. The minimum atomic E-state index is -0.633. The lowest BCUT2D eigenvalue weighted by atomic mass is 10.2. The number of alkyl halides is 1. The summed E-state index contributed by atoms with van der Waals surface area (Å²) in [6, 6.07) is 2.13. The maximum Gasteiger partial charge on any atom is 0.104 e. The molecule has 1 aromatic heterocycles. The number of hydrogen-bond acceptors (Lipinski definition) is 1. The number of aromatic nitrogens is 2. The molecular weight excluding hydrogens is 223 g/mol. The average molecular weight is 233 g/mol. The van der Waals surface area contributed by atoms with Crippen LogP contribution in [-0.4, -0.2) is 16.0 Å². The van der Waals surface area contributed by atoms with Crippen LogP contribution in [0.2, 0.25) is 0 Å². The van der Waals surface area contributed by atoms with E-state index in [4.69, 9.17) is 0 Å². The van der Waals surface area contributed by atoms with E-state index >= 15 is 0 Å². The van der Waals surface area contributed by atoms with Crippen molar-refractivity contribution in [1.82, 2.24) is 9.78 Å². The van der Waals surface area contributed by atoms with Crippen LogP contribution in [0.3, 0.4) is 0 Å². The van der Waals surface area contributed by atoms with Crippen LogP contribution in [0.25, 0.3) is 0 Å². The second-order valence-electron chi connectivity index (χ2n) is 3.16. The van der Waals surface area contributed by atoms with Gasteiger partial charge in [-0.25, -0.2) is 4.39 Å². The second-order valence-corrected chi connectivity index (χ2v) is 3.98. The van der Waals surface area contributed by atoms with Crippen LogP contribution in [0.15, 0.2) is 16.9 Å². The van der Waals surface area contributed by atoms with Gasteiger partial charge in [0.05, 0.1) is 12.2 Å². The summed E-state index contributed by atoms with van der Waals surface area (Å²) >= 11 is 3.37. The van der Waals surface area contributed by atoms with Gasteiger partial charge in [-0.2, -0.15) is 5.10 Å². The predicted molar refractivity (Wildman–Crippen MR) is 47.7 cm³/mol. The van der Waals surface area contributed by atoms with Gasteiger partial charge in [0.2, 0.25) is 0 Å². The van der Waals surface area contributed by atoms with E-state index in [-0.39, 0.29) is 6.04 Å². The summed E-state index contributed by atoms with van der Waals surface area (Å²) in [6.45, 7) is 0. The zero-order valence-electron chi connectivity index (χ0n) is 6.58. The first kappa shape index (κ1) is 8.23. The lowest BCUT2D eigenvalue weighted by Gasteiger charge is -2.10. The van der Waals surface area contributed by atoms with E-state index < -0.39 is 6.17 Å². The SMILES string of the molecule is FC1CCC(n2nccc2Br)C1. The molecular formula is C8H10BrFN2. The van der Waals surface area contributed by atoms with Gasteiger partial charge in [0.1, 0.15) is 10.8 Å². The highest BCUT2D eigenvalue weighted by molar-refractivity contribution is 9.10. The molecule has 0 spiro atoms. The minimum absolute atomic E-state index is 0.254. The molecule has 12 heavy (non-hydrogen) atoms. The van der Waals surface area contributed by atoms with Crippen molar-refractivity contribution in [3.05, 3.63) is 16.9 Å². The Kier molecular flexibility index (Phi) is 2.17. The van der Waals surface area contributed by atoms with Crippen molar-refractivity contribution in [1.29, 1.82) is 0 Å². The van der Waals surface area contributed by atoms with E-state index in [9.17, 15) is 4.39 Å². The topological polar surface area (TPSA) is 17.8 Å². The van der Waals surface area contributed by atoms with Crippen molar-refractivity contribution in [2.24, 2.45) is 0 Å². The Morgan fingerprint density at radius 2 is 2.42 bits per heavy atom. The summed E-state index contributed by atoms with van der Waals surface area (Å²) in [5.74, 6) is 0. The molecule has 0 N–H and O–H groups in total. The Bertz CT molecular complexity index is 274. The molecule has 0 amide bonds. The van der Waals surface area contributed by atoms with E-state index in [1.165, 1.54) is 0 Å². The molecule has 0 radical (unpaired) electrons. The molecule has 0 aromatic carbocycles. The van der Waals surface area contributed by atoms with Crippen LogP contribution >= 0.6 is 15.9 Å². The van der Waals surface area contributed by atoms with Crippen LogP contribution in [-0.2, 0) is 0 Å². The van der Waals surface area contributed by atoms with Crippen LogP contribution in [0.1, 0.15) is 25.3 Å². The highest BCUT2D eigenvalue weighted by atomic mass is 79.9. The maximum absolute atomic E-state index is 12.8. The fraction of sp³-hybridized carbons (Fsp3) is 0.625. The van der Waals surface area contributed by atoms with Crippen molar-refractivity contribution in [3.8, 4) is 0 Å². The molecule has 1 aliphatic carbocycles. The molecule has 1 aromatic rings. The first-order valence-electron chi connectivity index (χ1n) is 4.10. The molecule has 1 aliphatic rings. The molecule has 1 saturated carbocycles. The molecule has 2 unspecified atom stereocenters. The van der Waals surface area contributed by atoms with E-state index in [0.717, 1.165) is 11.0 Å². The van der Waals surface area contributed by atoms with Gasteiger partial charge in [-0.1, -0.05) is 0 Å². The van der Waals surface area contributed by atoms with Gasteiger partial charge in [-0.05, 0) is 34.8 Å². The predicted octanol–water partition coefficient (Wildman–Crippen LogP) is 2.71. The molecule has 0 saturated heterocycles. The zero-order chi connectivity index (χ0) is 8.55. The number of hydrogen-bond donors (Lipinski definition) is 0. The Morgan fingerprint density at radius 1 is 1.58 bits per heavy atom. The molecule has 66 valence electrons. The first-order valence-corrected chi connectivity index (χ1v) is 4.90. The summed E-state index contributed by atoms with van der Waals surface area (Å²) in [7, 11) is 0. The van der Waals surface area contributed by atoms with Gasteiger partial charge in [-0.3, -0.25) is 4.68 Å². The van der Waals surface area contributed by atoms with E-state index in [2.05, 4.69) is 21.0 Å². The molecule has 1 fully saturated rings. The average Bonchev–Trinajstić information content (AvgIpc) is 2.58. The Labute approximate surface area is 78.9 Å². The molecule has 2 nitrogen and oxygen atoms in total. The smallest absolute Gasteiger partial charge is 0.104 e. The van der Waals surface area contributed by atoms with Crippen LogP contribution in [0.5, 0.6) is 0 Å². The van der Waals surface area contributed by atoms with Gasteiger partial charge < -0.3 is 0 Å². The van der Waals surface area contributed by atoms with Crippen molar-refractivity contribution in [3.63, 3.8) is 0 Å². The summed E-state index contributed by atoms with van der Waals surface area (Å²) in [5.41, 5.74) is 0. The van der Waals surface area contributed by atoms with E-state index in [1.54, 1.807) is 6.20 Å². The summed E-state index contributed by atoms with van der Waals surface area (Å²) in [6.07, 6.45) is 3.29. The Morgan fingerprint density at radius 3 is 2.92 bits per heavy atom. The first-order chi connectivity index (χ1) is 5.77. The highest BCUT2D eigenvalue weighted by Gasteiger charge is 2.26. The Balaban J connectivity index is 2.16. The van der Waals surface area contributed by atoms with Gasteiger partial charge in [0.25, 0.3) is 0 Å². The zero-order valence-corrected chi connectivity index (χ0v) is 8.17. The number of rotatable bonds is 1. The van der Waals surface area contributed by atoms with Crippen LogP contribution in [0, 0.1) is 0 Å². The summed E-state index contributed by atoms with van der Waals surface area (Å²) in [4.78, 5) is 0. The van der Waals surface area contributed by atoms with Gasteiger partial charge in [0.15, 0.2) is 0 Å². The van der Waals surface area contributed by atoms with Crippen molar-refractivity contribution < 1.29 is 4.39 Å². The third kappa shape index (κ3) is 1.40. The number of halogens is 2. The lowest BCUT2D eigenvalue weighted by molar-refractivity contribution is 0.325. The maximum atomic E-state index is 12.8. The molecule has 1 heterocycles. The van der Waals surface area contributed by atoms with E-state index in [1.807, 2.05) is 10.7 Å². The van der Waals surface area contributed by atoms with Gasteiger partial charge >= 0.3 is 0 Å². The van der Waals surface area contributed by atoms with Crippen molar-refractivity contribution in [2.75, 3.05) is 0 Å².